The average Bonchev–Trinajstić information content (AvgIpc) is 2.92. The predicted molar refractivity (Wildman–Crippen MR) is 102 cm³/mol. The number of hydrogen-bond donors (Lipinski definition) is 2. The van der Waals surface area contributed by atoms with Crippen molar-refractivity contribution in [2.75, 3.05) is 10.8 Å². The van der Waals surface area contributed by atoms with Crippen molar-refractivity contribution < 1.29 is 14.1 Å². The number of amides is 1. The molecule has 1 aliphatic rings. The lowest BCUT2D eigenvalue weighted by atomic mass is 9.88. The molecule has 2 aromatic carbocycles. The van der Waals surface area contributed by atoms with Gasteiger partial charge in [0.2, 0.25) is 11.2 Å². The number of nitriles is 1. The van der Waals surface area contributed by atoms with Crippen molar-refractivity contribution in [3.63, 3.8) is 0 Å². The molecule has 26 heavy (non-hydrogen) atoms. The van der Waals surface area contributed by atoms with Crippen LogP contribution < -0.4 is 9.03 Å². The third-order valence-electron chi connectivity index (χ3n) is 4.53. The van der Waals surface area contributed by atoms with Crippen LogP contribution in [0.15, 0.2) is 30.3 Å². The van der Waals surface area contributed by atoms with E-state index in [9.17, 15) is 14.1 Å². The summed E-state index contributed by atoms with van der Waals surface area (Å²) in [5.41, 5.74) is 1.19. The molecule has 1 amide bonds. The second-order valence-electron chi connectivity index (χ2n) is 7.18. The topological polar surface area (TPSA) is 93.4 Å². The molecule has 7 heteroatoms. The SMILES string of the molecule is CC(C)(C#N)CCCc1ccc2cc(O)c(N3CC(=O)NS3=O)cc2c1. The number of anilines is 1. The molecule has 0 saturated carbocycles. The molecule has 0 bridgehead atoms. The van der Waals surface area contributed by atoms with Crippen molar-refractivity contribution in [2.24, 2.45) is 5.41 Å². The van der Waals surface area contributed by atoms with Crippen LogP contribution in [-0.4, -0.2) is 21.8 Å². The number of phenolic OH excluding ortho intramolecular Hbond substituents is 1. The van der Waals surface area contributed by atoms with E-state index in [1.165, 1.54) is 4.31 Å². The van der Waals surface area contributed by atoms with Crippen molar-refractivity contribution in [1.29, 1.82) is 5.26 Å². The molecule has 3 rings (SSSR count). The second kappa shape index (κ2) is 6.96. The second-order valence-corrected chi connectivity index (χ2v) is 8.33. The van der Waals surface area contributed by atoms with Crippen LogP contribution in [0.2, 0.25) is 0 Å². The van der Waals surface area contributed by atoms with Gasteiger partial charge in [-0.2, -0.15) is 5.26 Å². The van der Waals surface area contributed by atoms with Gasteiger partial charge < -0.3 is 5.11 Å². The van der Waals surface area contributed by atoms with E-state index in [-0.39, 0.29) is 23.6 Å². The highest BCUT2D eigenvalue weighted by Gasteiger charge is 2.29. The highest BCUT2D eigenvalue weighted by Crippen LogP contribution is 2.34. The summed E-state index contributed by atoms with van der Waals surface area (Å²) in [5, 5.41) is 21.1. The van der Waals surface area contributed by atoms with E-state index < -0.39 is 11.2 Å². The highest BCUT2D eigenvalue weighted by molar-refractivity contribution is 7.85. The standard InChI is InChI=1S/C19H21N3O3S/c1-19(2,12-20)7-3-4-13-5-6-14-10-17(23)16(9-15(14)8-13)22-11-18(24)21-26(22)25/h5-6,8-10,23H,3-4,7,11H2,1-2H3,(H,21,24). The lowest BCUT2D eigenvalue weighted by Crippen LogP contribution is -2.22. The molecule has 0 spiro atoms. The van der Waals surface area contributed by atoms with Crippen LogP contribution in [0.5, 0.6) is 5.75 Å². The fourth-order valence-electron chi connectivity index (χ4n) is 3.02. The van der Waals surface area contributed by atoms with Crippen LogP contribution in [0.1, 0.15) is 32.3 Å². The van der Waals surface area contributed by atoms with E-state index in [1.54, 1.807) is 12.1 Å². The number of benzene rings is 2. The van der Waals surface area contributed by atoms with Gasteiger partial charge >= 0.3 is 0 Å². The fraction of sp³-hybridized carbons (Fsp3) is 0.368. The van der Waals surface area contributed by atoms with Crippen molar-refractivity contribution in [1.82, 2.24) is 4.72 Å². The van der Waals surface area contributed by atoms with Crippen LogP contribution in [0.4, 0.5) is 5.69 Å². The minimum atomic E-state index is -1.67. The van der Waals surface area contributed by atoms with Gasteiger partial charge in [0.25, 0.3) is 5.91 Å². The summed E-state index contributed by atoms with van der Waals surface area (Å²) in [5.74, 6) is -0.345. The maximum absolute atomic E-state index is 12.0. The first-order chi connectivity index (χ1) is 12.3. The molecular weight excluding hydrogens is 350 g/mol. The number of carbonyl (C=O) groups is 1. The quantitative estimate of drug-likeness (QED) is 0.845. The minimum absolute atomic E-state index is 0.00845. The number of phenols is 1. The summed E-state index contributed by atoms with van der Waals surface area (Å²) < 4.78 is 15.6. The Balaban J connectivity index is 1.84. The Hall–Kier alpha value is -2.59. The summed E-state index contributed by atoms with van der Waals surface area (Å²) in [4.78, 5) is 11.4. The zero-order valence-corrected chi connectivity index (χ0v) is 15.6. The third kappa shape index (κ3) is 3.81. The largest absolute Gasteiger partial charge is 0.506 e. The van der Waals surface area contributed by atoms with Gasteiger partial charge in [-0.05, 0) is 61.6 Å². The van der Waals surface area contributed by atoms with Crippen LogP contribution >= 0.6 is 0 Å². The van der Waals surface area contributed by atoms with Gasteiger partial charge in [-0.1, -0.05) is 18.2 Å². The van der Waals surface area contributed by atoms with Gasteiger partial charge in [0.05, 0.1) is 17.2 Å². The Morgan fingerprint density at radius 2 is 2.08 bits per heavy atom. The minimum Gasteiger partial charge on any atom is -0.506 e. The average molecular weight is 371 g/mol. The number of fused-ring (bicyclic) bond motifs is 1. The summed E-state index contributed by atoms with van der Waals surface area (Å²) in [7, 11) is 0. The molecule has 1 unspecified atom stereocenters. The first-order valence-corrected chi connectivity index (χ1v) is 9.55. The zero-order valence-electron chi connectivity index (χ0n) is 14.8. The molecule has 1 atom stereocenters. The van der Waals surface area contributed by atoms with Crippen LogP contribution in [0.25, 0.3) is 10.8 Å². The van der Waals surface area contributed by atoms with Crippen LogP contribution in [-0.2, 0) is 22.4 Å². The molecule has 1 saturated heterocycles. The number of aromatic hydroxyl groups is 1. The van der Waals surface area contributed by atoms with Gasteiger partial charge in [-0.3, -0.25) is 13.8 Å². The maximum atomic E-state index is 12.0. The van der Waals surface area contributed by atoms with E-state index in [0.29, 0.717) is 5.69 Å². The summed E-state index contributed by atoms with van der Waals surface area (Å²) in [6, 6.07) is 11.7. The maximum Gasteiger partial charge on any atom is 0.253 e. The highest BCUT2D eigenvalue weighted by atomic mass is 32.2. The molecule has 1 fully saturated rings. The Bertz CT molecular complexity index is 934. The molecule has 1 heterocycles. The molecule has 1 aliphatic heterocycles. The first-order valence-electron chi connectivity index (χ1n) is 8.45. The number of nitrogens with one attached hydrogen (secondary N) is 1. The zero-order chi connectivity index (χ0) is 18.9. The van der Waals surface area contributed by atoms with Crippen molar-refractivity contribution in [3.05, 3.63) is 35.9 Å². The van der Waals surface area contributed by atoms with E-state index in [4.69, 9.17) is 5.26 Å². The Morgan fingerprint density at radius 3 is 2.73 bits per heavy atom. The number of nitrogens with zero attached hydrogens (tertiary/aromatic N) is 2. The Labute approximate surface area is 155 Å². The van der Waals surface area contributed by atoms with E-state index >= 15 is 0 Å². The van der Waals surface area contributed by atoms with Crippen LogP contribution in [0.3, 0.4) is 0 Å². The smallest absolute Gasteiger partial charge is 0.253 e. The molecule has 0 aromatic heterocycles. The number of rotatable bonds is 5. The van der Waals surface area contributed by atoms with Gasteiger partial charge in [0.1, 0.15) is 12.3 Å². The molecule has 6 nitrogen and oxygen atoms in total. The molecule has 0 aliphatic carbocycles. The molecular formula is C19H21N3O3S. The fourth-order valence-corrected chi connectivity index (χ4v) is 3.95. The van der Waals surface area contributed by atoms with Gasteiger partial charge in [-0.15, -0.1) is 0 Å². The van der Waals surface area contributed by atoms with Gasteiger partial charge in [0, 0.05) is 0 Å². The van der Waals surface area contributed by atoms with E-state index in [2.05, 4.69) is 10.8 Å². The number of hydrogen-bond acceptors (Lipinski definition) is 4. The van der Waals surface area contributed by atoms with Crippen molar-refractivity contribution >= 4 is 33.5 Å². The molecule has 2 N–H and O–H groups in total. The summed E-state index contributed by atoms with van der Waals surface area (Å²) in [6.07, 6.45) is 2.58. The molecule has 0 radical (unpaired) electrons. The predicted octanol–water partition coefficient (Wildman–Crippen LogP) is 2.93. The van der Waals surface area contributed by atoms with E-state index in [1.807, 2.05) is 32.0 Å². The Kier molecular flexibility index (Phi) is 4.88. The number of aryl methyl sites for hydroxylation is 1. The normalized spacial score (nSPS) is 17.3. The monoisotopic (exact) mass is 371 g/mol. The lowest BCUT2D eigenvalue weighted by molar-refractivity contribution is -0.117. The third-order valence-corrected chi connectivity index (χ3v) is 5.65. The lowest BCUT2D eigenvalue weighted by Gasteiger charge is -2.17. The van der Waals surface area contributed by atoms with Crippen molar-refractivity contribution in [2.45, 2.75) is 33.1 Å². The van der Waals surface area contributed by atoms with Crippen LogP contribution in [0, 0.1) is 16.7 Å². The first kappa shape index (κ1) is 18.2. The Morgan fingerprint density at radius 1 is 1.31 bits per heavy atom. The summed E-state index contributed by atoms with van der Waals surface area (Å²) >= 11 is -1.67. The summed E-state index contributed by atoms with van der Waals surface area (Å²) in [6.45, 7) is 3.83. The molecule has 2 aromatic rings. The number of carbonyl (C=O) groups excluding carboxylic acids is 1. The van der Waals surface area contributed by atoms with E-state index in [0.717, 1.165) is 35.6 Å². The molecule has 136 valence electrons. The van der Waals surface area contributed by atoms with Crippen molar-refractivity contribution in [3.8, 4) is 11.8 Å². The van der Waals surface area contributed by atoms with Gasteiger partial charge in [0.15, 0.2) is 0 Å². The van der Waals surface area contributed by atoms with Gasteiger partial charge in [-0.25, -0.2) is 4.21 Å².